The van der Waals surface area contributed by atoms with Crippen LogP contribution in [-0.4, -0.2) is 26.8 Å². The molecule has 2 atom stereocenters. The van der Waals surface area contributed by atoms with E-state index in [0.717, 1.165) is 43.0 Å². The van der Waals surface area contributed by atoms with E-state index >= 15 is 0 Å². The van der Waals surface area contributed by atoms with Crippen LogP contribution in [0.15, 0.2) is 30.3 Å². The van der Waals surface area contributed by atoms with Crippen molar-refractivity contribution in [2.24, 2.45) is 0 Å². The highest BCUT2D eigenvalue weighted by Gasteiger charge is 2.22. The molecule has 2 aromatic rings. The van der Waals surface area contributed by atoms with Gasteiger partial charge in [-0.15, -0.1) is 10.2 Å². The number of carbonyl (C=O) groups is 1. The zero-order valence-electron chi connectivity index (χ0n) is 14.9. The molecule has 134 valence electrons. The van der Waals surface area contributed by atoms with E-state index in [2.05, 4.69) is 20.1 Å². The molecule has 0 saturated carbocycles. The van der Waals surface area contributed by atoms with Crippen molar-refractivity contribution in [2.45, 2.75) is 64.8 Å². The van der Waals surface area contributed by atoms with Crippen LogP contribution in [0.25, 0.3) is 0 Å². The number of amides is 1. The molecule has 2 heterocycles. The maximum Gasteiger partial charge on any atom is 0.249 e. The Bertz CT molecular complexity index is 699. The third-order valence-corrected chi connectivity index (χ3v) is 4.60. The molecule has 1 N–H and O–H groups in total. The van der Waals surface area contributed by atoms with Crippen LogP contribution in [0.4, 0.5) is 0 Å². The summed E-state index contributed by atoms with van der Waals surface area (Å²) in [6.07, 6.45) is 3.95. The SMILES string of the molecule is C[C@@H](OCc1ccccc1)C(=O)N[C@H](C)c1nnc2n1CCCCC2. The number of aromatic nitrogens is 3. The first-order chi connectivity index (χ1) is 12.1. The van der Waals surface area contributed by atoms with Crippen LogP contribution in [-0.2, 0) is 29.1 Å². The Morgan fingerprint density at radius 1 is 1.20 bits per heavy atom. The molecule has 0 spiro atoms. The molecule has 0 fully saturated rings. The minimum atomic E-state index is -0.519. The van der Waals surface area contributed by atoms with Crippen molar-refractivity contribution < 1.29 is 9.53 Å². The summed E-state index contributed by atoms with van der Waals surface area (Å²) in [6.45, 7) is 5.07. The van der Waals surface area contributed by atoms with Crippen LogP contribution in [0.2, 0.25) is 0 Å². The second-order valence-corrected chi connectivity index (χ2v) is 6.61. The predicted molar refractivity (Wildman–Crippen MR) is 94.8 cm³/mol. The van der Waals surface area contributed by atoms with Crippen molar-refractivity contribution in [3.05, 3.63) is 47.5 Å². The fraction of sp³-hybridized carbons (Fsp3) is 0.526. The molecule has 1 aromatic heterocycles. The van der Waals surface area contributed by atoms with Gasteiger partial charge < -0.3 is 14.6 Å². The minimum absolute atomic E-state index is 0.130. The fourth-order valence-corrected chi connectivity index (χ4v) is 3.09. The third kappa shape index (κ3) is 4.45. The second-order valence-electron chi connectivity index (χ2n) is 6.61. The summed E-state index contributed by atoms with van der Waals surface area (Å²) < 4.78 is 7.85. The molecular formula is C19H26N4O2. The summed E-state index contributed by atoms with van der Waals surface area (Å²) in [6, 6.07) is 9.67. The number of ether oxygens (including phenoxy) is 1. The Morgan fingerprint density at radius 2 is 2.00 bits per heavy atom. The van der Waals surface area contributed by atoms with E-state index in [-0.39, 0.29) is 11.9 Å². The van der Waals surface area contributed by atoms with Gasteiger partial charge in [-0.25, -0.2) is 0 Å². The number of hydrogen-bond donors (Lipinski definition) is 1. The topological polar surface area (TPSA) is 69.0 Å². The predicted octanol–water partition coefficient (Wildman–Crippen LogP) is 2.79. The molecule has 6 heteroatoms. The molecule has 0 bridgehead atoms. The van der Waals surface area contributed by atoms with Crippen LogP contribution >= 0.6 is 0 Å². The lowest BCUT2D eigenvalue weighted by Crippen LogP contribution is -2.37. The quantitative estimate of drug-likeness (QED) is 0.876. The number of aryl methyl sites for hydroxylation is 1. The molecule has 1 aliphatic rings. The second kappa shape index (κ2) is 8.25. The molecule has 3 rings (SSSR count). The first-order valence-electron chi connectivity index (χ1n) is 9.03. The van der Waals surface area contributed by atoms with Crippen LogP contribution in [0.5, 0.6) is 0 Å². The van der Waals surface area contributed by atoms with Crippen molar-refractivity contribution >= 4 is 5.91 Å². The Balaban J connectivity index is 1.56. The normalized spacial score (nSPS) is 16.6. The summed E-state index contributed by atoms with van der Waals surface area (Å²) in [4.78, 5) is 12.4. The van der Waals surface area contributed by atoms with Crippen LogP contribution in [0, 0.1) is 0 Å². The summed E-state index contributed by atoms with van der Waals surface area (Å²) in [5.41, 5.74) is 1.05. The van der Waals surface area contributed by atoms with Gasteiger partial charge in [0, 0.05) is 13.0 Å². The highest BCUT2D eigenvalue weighted by atomic mass is 16.5. The summed E-state index contributed by atoms with van der Waals surface area (Å²) in [5, 5.41) is 11.6. The van der Waals surface area contributed by atoms with Gasteiger partial charge in [-0.1, -0.05) is 36.8 Å². The van der Waals surface area contributed by atoms with Crippen molar-refractivity contribution in [1.82, 2.24) is 20.1 Å². The molecule has 1 amide bonds. The number of hydrogen-bond acceptors (Lipinski definition) is 4. The minimum Gasteiger partial charge on any atom is -0.364 e. The number of carbonyl (C=O) groups excluding carboxylic acids is 1. The Hall–Kier alpha value is -2.21. The molecule has 6 nitrogen and oxygen atoms in total. The number of fused-ring (bicyclic) bond motifs is 1. The van der Waals surface area contributed by atoms with Crippen LogP contribution in [0.1, 0.15) is 56.4 Å². The standard InChI is InChI=1S/C19H26N4O2/c1-14(18-22-21-17-11-7-4-8-12-23(17)18)20-19(24)15(2)25-13-16-9-5-3-6-10-16/h3,5-6,9-10,14-15H,4,7-8,11-13H2,1-2H3,(H,20,24)/t14-,15-/m1/s1. The molecule has 0 radical (unpaired) electrons. The van der Waals surface area contributed by atoms with Gasteiger partial charge in [-0.3, -0.25) is 4.79 Å². The van der Waals surface area contributed by atoms with Crippen molar-refractivity contribution in [2.75, 3.05) is 0 Å². The average Bonchev–Trinajstić information content (AvgIpc) is 2.89. The van der Waals surface area contributed by atoms with Crippen LogP contribution < -0.4 is 5.32 Å². The van der Waals surface area contributed by atoms with E-state index in [1.807, 2.05) is 37.3 Å². The maximum atomic E-state index is 12.4. The molecule has 25 heavy (non-hydrogen) atoms. The Morgan fingerprint density at radius 3 is 2.80 bits per heavy atom. The Kier molecular flexibility index (Phi) is 5.81. The lowest BCUT2D eigenvalue weighted by molar-refractivity contribution is -0.133. The van der Waals surface area contributed by atoms with Gasteiger partial charge in [0.25, 0.3) is 0 Å². The monoisotopic (exact) mass is 342 g/mol. The van der Waals surface area contributed by atoms with E-state index in [1.54, 1.807) is 6.92 Å². The van der Waals surface area contributed by atoms with Gasteiger partial charge in [0.2, 0.25) is 5.91 Å². The van der Waals surface area contributed by atoms with Gasteiger partial charge in [0.05, 0.1) is 12.6 Å². The van der Waals surface area contributed by atoms with E-state index in [4.69, 9.17) is 4.74 Å². The van der Waals surface area contributed by atoms with Gasteiger partial charge in [0.15, 0.2) is 5.82 Å². The fourth-order valence-electron chi connectivity index (χ4n) is 3.09. The average molecular weight is 342 g/mol. The number of nitrogens with one attached hydrogen (secondary N) is 1. The lowest BCUT2D eigenvalue weighted by Gasteiger charge is -2.18. The Labute approximate surface area is 148 Å². The summed E-state index contributed by atoms with van der Waals surface area (Å²) in [5.74, 6) is 1.73. The number of benzene rings is 1. The first kappa shape index (κ1) is 17.6. The molecule has 0 saturated heterocycles. The largest absolute Gasteiger partial charge is 0.364 e. The zero-order valence-corrected chi connectivity index (χ0v) is 14.9. The molecule has 0 unspecified atom stereocenters. The van der Waals surface area contributed by atoms with Gasteiger partial charge in [0.1, 0.15) is 11.9 Å². The third-order valence-electron chi connectivity index (χ3n) is 4.60. The highest BCUT2D eigenvalue weighted by Crippen LogP contribution is 2.18. The van der Waals surface area contributed by atoms with E-state index < -0.39 is 6.10 Å². The molecular weight excluding hydrogens is 316 g/mol. The zero-order chi connectivity index (χ0) is 17.6. The van der Waals surface area contributed by atoms with Gasteiger partial charge >= 0.3 is 0 Å². The molecule has 1 aliphatic heterocycles. The van der Waals surface area contributed by atoms with Gasteiger partial charge in [-0.05, 0) is 32.3 Å². The lowest BCUT2D eigenvalue weighted by atomic mass is 10.2. The van der Waals surface area contributed by atoms with Crippen molar-refractivity contribution in [1.29, 1.82) is 0 Å². The first-order valence-corrected chi connectivity index (χ1v) is 9.03. The van der Waals surface area contributed by atoms with Crippen molar-refractivity contribution in [3.63, 3.8) is 0 Å². The summed E-state index contributed by atoms with van der Waals surface area (Å²) >= 11 is 0. The van der Waals surface area contributed by atoms with E-state index in [9.17, 15) is 4.79 Å². The van der Waals surface area contributed by atoms with E-state index in [0.29, 0.717) is 6.61 Å². The number of nitrogens with zero attached hydrogens (tertiary/aromatic N) is 3. The van der Waals surface area contributed by atoms with Crippen molar-refractivity contribution in [3.8, 4) is 0 Å². The number of rotatable bonds is 6. The molecule has 0 aliphatic carbocycles. The summed E-state index contributed by atoms with van der Waals surface area (Å²) in [7, 11) is 0. The van der Waals surface area contributed by atoms with Gasteiger partial charge in [-0.2, -0.15) is 0 Å². The van der Waals surface area contributed by atoms with E-state index in [1.165, 1.54) is 6.42 Å². The maximum absolute atomic E-state index is 12.4. The highest BCUT2D eigenvalue weighted by molar-refractivity contribution is 5.80. The van der Waals surface area contributed by atoms with Crippen LogP contribution in [0.3, 0.4) is 0 Å². The smallest absolute Gasteiger partial charge is 0.249 e. The molecule has 1 aromatic carbocycles.